The molecule has 1 saturated heterocycles. The van der Waals surface area contributed by atoms with Crippen LogP contribution in [0.15, 0.2) is 4.99 Å². The third kappa shape index (κ3) is 3.48. The molecule has 0 bridgehead atoms. The van der Waals surface area contributed by atoms with E-state index in [1.807, 2.05) is 11.8 Å². The zero-order valence-electron chi connectivity index (χ0n) is 9.99. The molecule has 16 heavy (non-hydrogen) atoms. The van der Waals surface area contributed by atoms with Crippen molar-refractivity contribution < 1.29 is 4.21 Å². The van der Waals surface area contributed by atoms with Crippen molar-refractivity contribution >= 4 is 27.7 Å². The summed E-state index contributed by atoms with van der Waals surface area (Å²) in [6.45, 7) is 5.43. The van der Waals surface area contributed by atoms with Gasteiger partial charge < -0.3 is 5.32 Å². The maximum Gasteiger partial charge on any atom is 0.156 e. The molecule has 0 unspecified atom stereocenters. The van der Waals surface area contributed by atoms with Gasteiger partial charge in [-0.15, -0.1) is 0 Å². The Bertz CT molecular complexity index is 305. The zero-order valence-corrected chi connectivity index (χ0v) is 11.6. The minimum absolute atomic E-state index is 0.337. The fraction of sp³-hybridized carbons (Fsp3) is 0.909. The van der Waals surface area contributed by atoms with E-state index < -0.39 is 10.8 Å². The Morgan fingerprint density at radius 3 is 2.69 bits per heavy atom. The Hall–Kier alpha value is -0.0300. The molecule has 2 rings (SSSR count). The summed E-state index contributed by atoms with van der Waals surface area (Å²) >= 11 is 1.83. The lowest BCUT2D eigenvalue weighted by molar-refractivity contribution is 0.435. The number of aliphatic imine (C=N–C) groups is 1. The Morgan fingerprint density at radius 1 is 1.44 bits per heavy atom. The molecular formula is C11H20N2OS2. The van der Waals surface area contributed by atoms with E-state index in [1.165, 1.54) is 0 Å². The molecule has 0 saturated carbocycles. The van der Waals surface area contributed by atoms with Crippen LogP contribution in [0.4, 0.5) is 0 Å². The van der Waals surface area contributed by atoms with Gasteiger partial charge in [0.15, 0.2) is 5.17 Å². The van der Waals surface area contributed by atoms with Crippen LogP contribution in [0.2, 0.25) is 0 Å². The summed E-state index contributed by atoms with van der Waals surface area (Å²) in [5, 5.41) is 4.59. The van der Waals surface area contributed by atoms with Gasteiger partial charge in [0.25, 0.3) is 0 Å². The minimum atomic E-state index is -0.567. The molecule has 1 N–H and O–H groups in total. The van der Waals surface area contributed by atoms with E-state index >= 15 is 0 Å². The monoisotopic (exact) mass is 260 g/mol. The van der Waals surface area contributed by atoms with Crippen LogP contribution in [0, 0.1) is 5.41 Å². The van der Waals surface area contributed by atoms with E-state index in [1.54, 1.807) is 0 Å². The van der Waals surface area contributed by atoms with Crippen molar-refractivity contribution in [2.75, 3.05) is 23.8 Å². The van der Waals surface area contributed by atoms with Gasteiger partial charge in [-0.3, -0.25) is 9.20 Å². The van der Waals surface area contributed by atoms with E-state index in [2.05, 4.69) is 24.2 Å². The predicted molar refractivity (Wildman–Crippen MR) is 72.6 cm³/mol. The highest BCUT2D eigenvalue weighted by atomic mass is 32.2. The summed E-state index contributed by atoms with van der Waals surface area (Å²) < 4.78 is 11.2. The standard InChI is InChI=1S/C11H20N2OS2/c1-11(2)7-12-10(15-8-11)13-9-3-5-16(14)6-4-9/h9H,3-8H2,1-2H3,(H,12,13). The number of nitrogens with one attached hydrogen (secondary N) is 1. The molecule has 0 radical (unpaired) electrons. The van der Waals surface area contributed by atoms with Gasteiger partial charge in [0.1, 0.15) is 0 Å². The molecule has 0 spiro atoms. The number of amidine groups is 1. The topological polar surface area (TPSA) is 41.5 Å². The quantitative estimate of drug-likeness (QED) is 0.779. The van der Waals surface area contributed by atoms with E-state index in [4.69, 9.17) is 0 Å². The fourth-order valence-electron chi connectivity index (χ4n) is 1.84. The average Bonchev–Trinajstić information content (AvgIpc) is 2.24. The smallest absolute Gasteiger partial charge is 0.156 e. The third-order valence-electron chi connectivity index (χ3n) is 2.97. The lowest BCUT2D eigenvalue weighted by atomic mass is 9.97. The SMILES string of the molecule is CC1(C)CN=C(NC2CCS(=O)CC2)SC1. The summed E-state index contributed by atoms with van der Waals surface area (Å²) in [6.07, 6.45) is 2.05. The molecule has 2 aliphatic heterocycles. The third-order valence-corrected chi connectivity index (χ3v) is 5.79. The van der Waals surface area contributed by atoms with E-state index in [0.29, 0.717) is 11.5 Å². The van der Waals surface area contributed by atoms with Crippen LogP contribution in [0.3, 0.4) is 0 Å². The molecule has 3 nitrogen and oxygen atoms in total. The van der Waals surface area contributed by atoms with Gasteiger partial charge in [0, 0.05) is 40.6 Å². The average molecular weight is 260 g/mol. The lowest BCUT2D eigenvalue weighted by Crippen LogP contribution is -2.40. The van der Waals surface area contributed by atoms with Crippen molar-refractivity contribution in [1.82, 2.24) is 5.32 Å². The van der Waals surface area contributed by atoms with Crippen molar-refractivity contribution in [2.24, 2.45) is 10.4 Å². The second-order valence-corrected chi connectivity index (χ2v) is 8.00. The molecule has 0 atom stereocenters. The molecular weight excluding hydrogens is 240 g/mol. The molecule has 1 fully saturated rings. The highest BCUT2D eigenvalue weighted by Crippen LogP contribution is 2.27. The molecule has 0 aromatic carbocycles. The summed E-state index contributed by atoms with van der Waals surface area (Å²) in [5.41, 5.74) is 0.337. The van der Waals surface area contributed by atoms with Gasteiger partial charge in [0.2, 0.25) is 0 Å². The van der Waals surface area contributed by atoms with Crippen LogP contribution in [0.5, 0.6) is 0 Å². The van der Waals surface area contributed by atoms with Crippen LogP contribution < -0.4 is 5.32 Å². The minimum Gasteiger partial charge on any atom is -0.362 e. The molecule has 2 heterocycles. The molecule has 0 amide bonds. The van der Waals surface area contributed by atoms with E-state index in [0.717, 1.165) is 41.8 Å². The van der Waals surface area contributed by atoms with Crippen LogP contribution in [-0.4, -0.2) is 39.2 Å². The van der Waals surface area contributed by atoms with Crippen molar-refractivity contribution in [3.63, 3.8) is 0 Å². The van der Waals surface area contributed by atoms with Crippen LogP contribution in [-0.2, 0) is 10.8 Å². The second-order valence-electron chi connectivity index (χ2n) is 5.34. The number of nitrogens with zero attached hydrogens (tertiary/aromatic N) is 1. The van der Waals surface area contributed by atoms with Crippen LogP contribution in [0.25, 0.3) is 0 Å². The van der Waals surface area contributed by atoms with E-state index in [-0.39, 0.29) is 0 Å². The van der Waals surface area contributed by atoms with Crippen molar-refractivity contribution in [3.05, 3.63) is 0 Å². The first kappa shape index (κ1) is 12.4. The lowest BCUT2D eigenvalue weighted by Gasteiger charge is -2.30. The van der Waals surface area contributed by atoms with Crippen molar-refractivity contribution in [1.29, 1.82) is 0 Å². The van der Waals surface area contributed by atoms with Gasteiger partial charge in [-0.05, 0) is 18.3 Å². The molecule has 2 aliphatic rings. The Labute approximate surface area is 104 Å². The normalized spacial score (nSPS) is 34.2. The summed E-state index contributed by atoms with van der Waals surface area (Å²) in [4.78, 5) is 4.59. The Balaban J connectivity index is 1.82. The Morgan fingerprint density at radius 2 is 2.12 bits per heavy atom. The van der Waals surface area contributed by atoms with Crippen LogP contribution in [0.1, 0.15) is 26.7 Å². The highest BCUT2D eigenvalue weighted by Gasteiger charge is 2.25. The summed E-state index contributed by atoms with van der Waals surface area (Å²) in [5.74, 6) is 2.83. The van der Waals surface area contributed by atoms with E-state index in [9.17, 15) is 4.21 Å². The zero-order chi connectivity index (χ0) is 11.6. The number of rotatable bonds is 1. The summed E-state index contributed by atoms with van der Waals surface area (Å²) in [7, 11) is -0.567. The first-order valence-electron chi connectivity index (χ1n) is 5.84. The first-order chi connectivity index (χ1) is 7.55. The Kier molecular flexibility index (Phi) is 3.95. The maximum atomic E-state index is 11.2. The van der Waals surface area contributed by atoms with Crippen molar-refractivity contribution in [2.45, 2.75) is 32.7 Å². The van der Waals surface area contributed by atoms with Crippen LogP contribution >= 0.6 is 11.8 Å². The maximum absolute atomic E-state index is 11.2. The molecule has 5 heteroatoms. The second kappa shape index (κ2) is 5.08. The largest absolute Gasteiger partial charge is 0.362 e. The molecule has 0 aromatic heterocycles. The molecule has 0 aromatic rings. The van der Waals surface area contributed by atoms with Gasteiger partial charge >= 0.3 is 0 Å². The molecule has 0 aliphatic carbocycles. The van der Waals surface area contributed by atoms with Gasteiger partial charge in [-0.2, -0.15) is 0 Å². The summed E-state index contributed by atoms with van der Waals surface area (Å²) in [6, 6.07) is 0.491. The predicted octanol–water partition coefficient (Wildman–Crippen LogP) is 1.62. The van der Waals surface area contributed by atoms with Gasteiger partial charge in [-0.25, -0.2) is 0 Å². The number of hydrogen-bond acceptors (Lipinski definition) is 4. The number of thioether (sulfide) groups is 1. The number of hydrogen-bond donors (Lipinski definition) is 1. The first-order valence-corrected chi connectivity index (χ1v) is 8.31. The van der Waals surface area contributed by atoms with Gasteiger partial charge in [-0.1, -0.05) is 25.6 Å². The van der Waals surface area contributed by atoms with Crippen molar-refractivity contribution in [3.8, 4) is 0 Å². The molecule has 92 valence electrons. The fourth-order valence-corrected chi connectivity index (χ4v) is 4.16. The van der Waals surface area contributed by atoms with Gasteiger partial charge in [0.05, 0.1) is 0 Å². The highest BCUT2D eigenvalue weighted by molar-refractivity contribution is 8.13.